The zero-order valence-corrected chi connectivity index (χ0v) is 13.0. The molecule has 1 N–H and O–H groups in total. The Labute approximate surface area is 129 Å². The summed E-state index contributed by atoms with van der Waals surface area (Å²) < 4.78 is 7.49. The molecule has 1 aromatic heterocycles. The number of hydrogen-bond acceptors (Lipinski definition) is 4. The van der Waals surface area contributed by atoms with Crippen LogP contribution in [0.1, 0.15) is 39.2 Å². The Kier molecular flexibility index (Phi) is 4.15. The number of anilines is 1. The van der Waals surface area contributed by atoms with E-state index in [9.17, 15) is 9.59 Å². The molecule has 1 aromatic rings. The van der Waals surface area contributed by atoms with Crippen LogP contribution in [0.5, 0.6) is 0 Å². The maximum absolute atomic E-state index is 12.4. The largest absolute Gasteiger partial charge is 0.365 e. The van der Waals surface area contributed by atoms with E-state index in [0.717, 1.165) is 25.8 Å². The van der Waals surface area contributed by atoms with E-state index in [4.69, 9.17) is 4.74 Å². The van der Waals surface area contributed by atoms with Crippen LogP contribution in [-0.2, 0) is 14.3 Å². The monoisotopic (exact) mass is 306 g/mol. The minimum Gasteiger partial charge on any atom is -0.365 e. The number of nitrogens with one attached hydrogen (secondary N) is 1. The van der Waals surface area contributed by atoms with Gasteiger partial charge in [0.25, 0.3) is 5.91 Å². The van der Waals surface area contributed by atoms with Gasteiger partial charge in [-0.2, -0.15) is 5.10 Å². The molecule has 120 valence electrons. The summed E-state index contributed by atoms with van der Waals surface area (Å²) in [6.07, 6.45) is 4.38. The van der Waals surface area contributed by atoms with Gasteiger partial charge in [-0.15, -0.1) is 0 Å². The molecule has 0 aromatic carbocycles. The zero-order valence-electron chi connectivity index (χ0n) is 13.0. The number of carbonyl (C=O) groups is 2. The predicted octanol–water partition coefficient (Wildman–Crippen LogP) is 1.18. The number of ether oxygens (including phenoxy) is 1. The third kappa shape index (κ3) is 3.14. The lowest BCUT2D eigenvalue weighted by Crippen LogP contribution is -2.37. The van der Waals surface area contributed by atoms with Gasteiger partial charge in [0.1, 0.15) is 6.10 Å². The highest BCUT2D eigenvalue weighted by Gasteiger charge is 2.35. The lowest BCUT2D eigenvalue weighted by molar-refractivity contribution is -0.141. The number of likely N-dealkylation sites (tertiary alicyclic amines) is 1. The number of nitrogens with zero attached hydrogens (tertiary/aromatic N) is 3. The topological polar surface area (TPSA) is 76.5 Å². The van der Waals surface area contributed by atoms with Crippen molar-refractivity contribution in [1.82, 2.24) is 14.7 Å². The molecule has 2 aliphatic rings. The second-order valence-electron chi connectivity index (χ2n) is 6.10. The first kappa shape index (κ1) is 15.0. The summed E-state index contributed by atoms with van der Waals surface area (Å²) in [6, 6.07) is 1.93. The highest BCUT2D eigenvalue weighted by atomic mass is 16.5. The summed E-state index contributed by atoms with van der Waals surface area (Å²) in [6.45, 7) is 4.84. The van der Waals surface area contributed by atoms with Crippen molar-refractivity contribution in [3.63, 3.8) is 0 Å². The van der Waals surface area contributed by atoms with Gasteiger partial charge in [0.15, 0.2) is 5.82 Å². The van der Waals surface area contributed by atoms with E-state index in [-0.39, 0.29) is 30.1 Å². The van der Waals surface area contributed by atoms with Crippen molar-refractivity contribution in [1.29, 1.82) is 0 Å². The van der Waals surface area contributed by atoms with Gasteiger partial charge in [-0.1, -0.05) is 0 Å². The lowest BCUT2D eigenvalue weighted by atomic mass is 10.2. The Morgan fingerprint density at radius 2 is 2.18 bits per heavy atom. The van der Waals surface area contributed by atoms with Crippen LogP contribution in [0.15, 0.2) is 12.3 Å². The predicted molar refractivity (Wildman–Crippen MR) is 80.3 cm³/mol. The molecule has 22 heavy (non-hydrogen) atoms. The zero-order chi connectivity index (χ0) is 15.7. The third-order valence-electron chi connectivity index (χ3n) is 4.27. The molecule has 7 nitrogen and oxygen atoms in total. The van der Waals surface area contributed by atoms with Crippen molar-refractivity contribution in [3.05, 3.63) is 12.3 Å². The SMILES string of the molecule is CC(=O)Nc1ccn(C2CCN(C(=O)C3CCC(C)O3)C2)n1. The van der Waals surface area contributed by atoms with Gasteiger partial charge in [-0.3, -0.25) is 14.3 Å². The van der Waals surface area contributed by atoms with Gasteiger partial charge >= 0.3 is 0 Å². The van der Waals surface area contributed by atoms with Gasteiger partial charge in [0.2, 0.25) is 5.91 Å². The molecule has 2 saturated heterocycles. The first-order valence-electron chi connectivity index (χ1n) is 7.80. The highest BCUT2D eigenvalue weighted by molar-refractivity contribution is 5.87. The standard InChI is InChI=1S/C15H22N4O3/c1-10-3-4-13(22-10)15(21)18-7-5-12(9-18)19-8-6-14(17-19)16-11(2)20/h6,8,10,12-13H,3-5,7,9H2,1-2H3,(H,16,17,20). The minimum atomic E-state index is -0.277. The van der Waals surface area contributed by atoms with Gasteiger partial charge in [0, 0.05) is 32.3 Å². The van der Waals surface area contributed by atoms with E-state index in [2.05, 4.69) is 10.4 Å². The summed E-state index contributed by atoms with van der Waals surface area (Å²) in [5.41, 5.74) is 0. The summed E-state index contributed by atoms with van der Waals surface area (Å²) >= 11 is 0. The summed E-state index contributed by atoms with van der Waals surface area (Å²) in [5.74, 6) is 0.507. The van der Waals surface area contributed by atoms with Crippen LogP contribution in [-0.4, -0.2) is 51.8 Å². The molecule has 0 spiro atoms. The fourth-order valence-electron chi connectivity index (χ4n) is 3.13. The second kappa shape index (κ2) is 6.08. The first-order chi connectivity index (χ1) is 10.5. The Hall–Kier alpha value is -1.89. The van der Waals surface area contributed by atoms with Gasteiger partial charge in [0.05, 0.1) is 12.1 Å². The third-order valence-corrected chi connectivity index (χ3v) is 4.27. The number of amides is 2. The molecule has 3 rings (SSSR count). The maximum atomic E-state index is 12.4. The van der Waals surface area contributed by atoms with Gasteiger partial charge in [-0.05, 0) is 26.2 Å². The molecule has 2 fully saturated rings. The summed E-state index contributed by atoms with van der Waals surface area (Å²) in [4.78, 5) is 25.3. The molecular formula is C15H22N4O3. The van der Waals surface area contributed by atoms with Crippen molar-refractivity contribution in [3.8, 4) is 0 Å². The maximum Gasteiger partial charge on any atom is 0.251 e. The molecule has 2 aliphatic heterocycles. The molecular weight excluding hydrogens is 284 g/mol. The molecule has 0 saturated carbocycles. The summed E-state index contributed by atoms with van der Waals surface area (Å²) in [7, 11) is 0. The quantitative estimate of drug-likeness (QED) is 0.910. The molecule has 0 radical (unpaired) electrons. The van der Waals surface area contributed by atoms with E-state index in [1.54, 1.807) is 6.07 Å². The fourth-order valence-corrected chi connectivity index (χ4v) is 3.13. The number of rotatable bonds is 3. The average Bonchev–Trinajstić information content (AvgIpc) is 3.16. The Balaban J connectivity index is 1.58. The molecule has 3 unspecified atom stereocenters. The first-order valence-corrected chi connectivity index (χ1v) is 7.80. The summed E-state index contributed by atoms with van der Waals surface area (Å²) in [5, 5.41) is 7.01. The van der Waals surface area contributed by atoms with E-state index in [1.807, 2.05) is 22.7 Å². The van der Waals surface area contributed by atoms with Crippen LogP contribution < -0.4 is 5.32 Å². The van der Waals surface area contributed by atoms with Crippen LogP contribution in [0.2, 0.25) is 0 Å². The van der Waals surface area contributed by atoms with E-state index < -0.39 is 0 Å². The molecule has 3 atom stereocenters. The smallest absolute Gasteiger partial charge is 0.251 e. The Morgan fingerprint density at radius 3 is 2.86 bits per heavy atom. The van der Waals surface area contributed by atoms with Crippen LogP contribution in [0.3, 0.4) is 0 Å². The van der Waals surface area contributed by atoms with Crippen LogP contribution in [0.25, 0.3) is 0 Å². The molecule has 0 aliphatic carbocycles. The van der Waals surface area contributed by atoms with Crippen molar-refractivity contribution < 1.29 is 14.3 Å². The van der Waals surface area contributed by atoms with Crippen LogP contribution in [0.4, 0.5) is 5.82 Å². The van der Waals surface area contributed by atoms with Crippen LogP contribution in [0, 0.1) is 0 Å². The average molecular weight is 306 g/mol. The Bertz CT molecular complexity index is 571. The van der Waals surface area contributed by atoms with Gasteiger partial charge < -0.3 is 15.0 Å². The Morgan fingerprint density at radius 1 is 1.36 bits per heavy atom. The number of hydrogen-bond donors (Lipinski definition) is 1. The van der Waals surface area contributed by atoms with Crippen molar-refractivity contribution in [2.45, 2.75) is 51.4 Å². The lowest BCUT2D eigenvalue weighted by Gasteiger charge is -2.20. The van der Waals surface area contributed by atoms with E-state index >= 15 is 0 Å². The highest BCUT2D eigenvalue weighted by Crippen LogP contribution is 2.26. The van der Waals surface area contributed by atoms with E-state index in [1.165, 1.54) is 6.92 Å². The molecule has 7 heteroatoms. The normalized spacial score (nSPS) is 28.1. The van der Waals surface area contributed by atoms with Crippen molar-refractivity contribution >= 4 is 17.6 Å². The fraction of sp³-hybridized carbons (Fsp3) is 0.667. The second-order valence-corrected chi connectivity index (χ2v) is 6.10. The van der Waals surface area contributed by atoms with Gasteiger partial charge in [-0.25, -0.2) is 0 Å². The van der Waals surface area contributed by atoms with E-state index in [0.29, 0.717) is 12.4 Å². The number of aromatic nitrogens is 2. The van der Waals surface area contributed by atoms with Crippen molar-refractivity contribution in [2.24, 2.45) is 0 Å². The van der Waals surface area contributed by atoms with Crippen molar-refractivity contribution in [2.75, 3.05) is 18.4 Å². The molecule has 2 amide bonds. The molecule has 3 heterocycles. The number of carbonyl (C=O) groups excluding carboxylic acids is 2. The minimum absolute atomic E-state index is 0.0982. The molecule has 0 bridgehead atoms. The van der Waals surface area contributed by atoms with Crippen LogP contribution >= 0.6 is 0 Å².